The number of benzene rings is 1. The fraction of sp³-hybridized carbons (Fsp3) is 0.480. The highest BCUT2D eigenvalue weighted by Gasteiger charge is 2.34. The molecule has 1 aliphatic heterocycles. The number of non-ortho nitro benzene ring substituents is 1. The second-order valence-electron chi connectivity index (χ2n) is 7.47. The molecule has 2 rings (SSSR count). The molecular weight excluding hydrogens is 378 g/mol. The van der Waals surface area contributed by atoms with E-state index >= 15 is 0 Å². The summed E-state index contributed by atoms with van der Waals surface area (Å²) < 4.78 is 6.20. The predicted octanol–water partition coefficient (Wildman–Crippen LogP) is 6.46. The van der Waals surface area contributed by atoms with Gasteiger partial charge < -0.3 is 4.74 Å². The Morgan fingerprint density at radius 3 is 2.33 bits per heavy atom. The molecule has 0 bridgehead atoms. The van der Waals surface area contributed by atoms with Crippen LogP contribution in [0.2, 0.25) is 0 Å². The lowest BCUT2D eigenvalue weighted by Gasteiger charge is -2.30. The Hall–Kier alpha value is -2.87. The van der Waals surface area contributed by atoms with Crippen molar-refractivity contribution in [1.82, 2.24) is 0 Å². The third-order valence-electron chi connectivity index (χ3n) is 5.33. The highest BCUT2D eigenvalue weighted by atomic mass is 16.6. The Bertz CT molecular complexity index is 884. The van der Waals surface area contributed by atoms with E-state index in [2.05, 4.69) is 25.7 Å². The Morgan fingerprint density at radius 1 is 1.10 bits per heavy atom. The standard InChI is InChI=1S/C25H31NO4/c1-5-9-10-12-24-22(8-4)25(18-13-15-19(16-14-18)26(28)29)21(7-3)23(27)17-20(30-24)11-6-2/h13-17,21,25H,5-9,11H2,1-4H3/b20-17-,24-22-. The van der Waals surface area contributed by atoms with E-state index in [1.54, 1.807) is 18.2 Å². The van der Waals surface area contributed by atoms with E-state index in [1.165, 1.54) is 12.1 Å². The van der Waals surface area contributed by atoms with Crippen molar-refractivity contribution in [2.45, 2.75) is 72.1 Å². The lowest BCUT2D eigenvalue weighted by atomic mass is 9.75. The van der Waals surface area contributed by atoms with Gasteiger partial charge in [0.2, 0.25) is 0 Å². The summed E-state index contributed by atoms with van der Waals surface area (Å²) in [6.45, 7) is 8.18. The zero-order chi connectivity index (χ0) is 22.1. The summed E-state index contributed by atoms with van der Waals surface area (Å²) in [5.41, 5.74) is 1.90. The van der Waals surface area contributed by atoms with E-state index in [-0.39, 0.29) is 23.3 Å². The molecule has 0 amide bonds. The van der Waals surface area contributed by atoms with Gasteiger partial charge in [0.15, 0.2) is 11.5 Å². The quantitative estimate of drug-likeness (QED) is 0.294. The van der Waals surface area contributed by atoms with Crippen molar-refractivity contribution in [3.05, 3.63) is 63.1 Å². The molecule has 0 aromatic heterocycles. The first-order valence-electron chi connectivity index (χ1n) is 10.8. The number of carbonyl (C=O) groups excluding carboxylic acids is 1. The second-order valence-corrected chi connectivity index (χ2v) is 7.47. The van der Waals surface area contributed by atoms with Crippen LogP contribution in [-0.2, 0) is 9.53 Å². The van der Waals surface area contributed by atoms with Crippen LogP contribution in [0.25, 0.3) is 0 Å². The number of ether oxygens (including phenoxy) is 1. The van der Waals surface area contributed by atoms with Crippen molar-refractivity contribution in [3.63, 3.8) is 0 Å². The number of nitrogens with zero attached hydrogens (tertiary/aromatic N) is 1. The highest BCUT2D eigenvalue weighted by Crippen LogP contribution is 2.41. The summed E-state index contributed by atoms with van der Waals surface area (Å²) in [7, 11) is 0. The highest BCUT2D eigenvalue weighted by molar-refractivity contribution is 5.93. The monoisotopic (exact) mass is 409 g/mol. The summed E-state index contributed by atoms with van der Waals surface area (Å²) >= 11 is 0. The number of nitro groups is 1. The summed E-state index contributed by atoms with van der Waals surface area (Å²) in [6, 6.07) is 6.51. The molecule has 0 aliphatic carbocycles. The molecule has 0 N–H and O–H groups in total. The number of unbranched alkanes of at least 4 members (excludes halogenated alkanes) is 1. The van der Waals surface area contributed by atoms with Gasteiger partial charge in [-0.25, -0.2) is 0 Å². The van der Waals surface area contributed by atoms with Crippen molar-refractivity contribution in [2.75, 3.05) is 0 Å². The Balaban J connectivity index is 2.67. The predicted molar refractivity (Wildman–Crippen MR) is 119 cm³/mol. The molecule has 5 heteroatoms. The van der Waals surface area contributed by atoms with E-state index in [1.807, 2.05) is 13.8 Å². The average Bonchev–Trinajstić information content (AvgIpc) is 2.72. The molecule has 30 heavy (non-hydrogen) atoms. The zero-order valence-corrected chi connectivity index (χ0v) is 18.4. The smallest absolute Gasteiger partial charge is 0.269 e. The van der Waals surface area contributed by atoms with Gasteiger partial charge in [-0.05, 0) is 42.7 Å². The third-order valence-corrected chi connectivity index (χ3v) is 5.33. The molecule has 0 fully saturated rings. The molecule has 2 atom stereocenters. The van der Waals surface area contributed by atoms with E-state index < -0.39 is 4.92 Å². The minimum Gasteiger partial charge on any atom is -0.453 e. The molecule has 2 unspecified atom stereocenters. The Labute approximate surface area is 179 Å². The number of hydrogen-bond donors (Lipinski definition) is 0. The van der Waals surface area contributed by atoms with Crippen LogP contribution in [-0.4, -0.2) is 10.7 Å². The van der Waals surface area contributed by atoms with Crippen LogP contribution < -0.4 is 0 Å². The number of carbonyl (C=O) groups is 1. The Morgan fingerprint density at radius 2 is 1.80 bits per heavy atom. The van der Waals surface area contributed by atoms with Gasteiger partial charge in [0.05, 0.1) is 4.92 Å². The molecule has 0 radical (unpaired) electrons. The van der Waals surface area contributed by atoms with E-state index in [4.69, 9.17) is 4.74 Å². The van der Waals surface area contributed by atoms with Gasteiger partial charge in [-0.1, -0.05) is 45.7 Å². The molecule has 1 aliphatic rings. The van der Waals surface area contributed by atoms with Crippen molar-refractivity contribution in [3.8, 4) is 11.8 Å². The first-order chi connectivity index (χ1) is 14.5. The number of rotatable bonds is 7. The Kier molecular flexibility index (Phi) is 8.86. The van der Waals surface area contributed by atoms with Gasteiger partial charge in [-0.2, -0.15) is 0 Å². The SMILES string of the molecule is CCCC#C/C1=C(\CC)C(c2ccc([N+](=O)[O-])cc2)C(CC)C(=O)/C=C(/CCC)O1. The van der Waals surface area contributed by atoms with Gasteiger partial charge in [-0.15, -0.1) is 0 Å². The first kappa shape index (κ1) is 23.4. The normalized spacial score (nSPS) is 23.3. The maximum atomic E-state index is 13.1. The molecule has 5 nitrogen and oxygen atoms in total. The van der Waals surface area contributed by atoms with Crippen LogP contribution in [0.15, 0.2) is 47.4 Å². The molecule has 0 saturated carbocycles. The molecule has 1 heterocycles. The van der Waals surface area contributed by atoms with Crippen LogP contribution in [0.5, 0.6) is 0 Å². The van der Waals surface area contributed by atoms with Crippen molar-refractivity contribution in [2.24, 2.45) is 5.92 Å². The molecule has 1 aromatic rings. The van der Waals surface area contributed by atoms with Gasteiger partial charge in [0.1, 0.15) is 5.76 Å². The van der Waals surface area contributed by atoms with Crippen molar-refractivity contribution < 1.29 is 14.5 Å². The number of allylic oxidation sites excluding steroid dienone is 4. The van der Waals surface area contributed by atoms with Crippen LogP contribution in [0.1, 0.15) is 77.7 Å². The van der Waals surface area contributed by atoms with Gasteiger partial charge in [0, 0.05) is 42.9 Å². The fourth-order valence-corrected chi connectivity index (χ4v) is 3.84. The van der Waals surface area contributed by atoms with Gasteiger partial charge in [-0.3, -0.25) is 14.9 Å². The maximum Gasteiger partial charge on any atom is 0.269 e. The lowest BCUT2D eigenvalue weighted by Crippen LogP contribution is -2.25. The summed E-state index contributed by atoms with van der Waals surface area (Å²) in [5.74, 6) is 7.24. The minimum atomic E-state index is -0.411. The largest absolute Gasteiger partial charge is 0.453 e. The van der Waals surface area contributed by atoms with Crippen LogP contribution in [0.3, 0.4) is 0 Å². The van der Waals surface area contributed by atoms with Crippen molar-refractivity contribution in [1.29, 1.82) is 0 Å². The summed E-state index contributed by atoms with van der Waals surface area (Å²) in [6.07, 6.45) is 6.26. The molecular formula is C25H31NO4. The van der Waals surface area contributed by atoms with Gasteiger partial charge in [0.25, 0.3) is 5.69 Å². The molecule has 1 aromatic carbocycles. The molecule has 160 valence electrons. The van der Waals surface area contributed by atoms with Crippen LogP contribution in [0, 0.1) is 27.9 Å². The fourth-order valence-electron chi connectivity index (χ4n) is 3.84. The maximum absolute atomic E-state index is 13.1. The number of ketones is 1. The summed E-state index contributed by atoms with van der Waals surface area (Å²) in [5, 5.41) is 11.1. The average molecular weight is 410 g/mol. The zero-order valence-electron chi connectivity index (χ0n) is 18.4. The minimum absolute atomic E-state index is 0.0373. The van der Waals surface area contributed by atoms with E-state index in [9.17, 15) is 14.9 Å². The first-order valence-corrected chi connectivity index (χ1v) is 10.8. The molecule has 0 saturated heterocycles. The van der Waals surface area contributed by atoms with E-state index in [0.29, 0.717) is 30.8 Å². The van der Waals surface area contributed by atoms with Crippen LogP contribution in [0.4, 0.5) is 5.69 Å². The molecule has 0 spiro atoms. The van der Waals surface area contributed by atoms with E-state index in [0.717, 1.165) is 30.4 Å². The van der Waals surface area contributed by atoms with Crippen LogP contribution >= 0.6 is 0 Å². The summed E-state index contributed by atoms with van der Waals surface area (Å²) in [4.78, 5) is 23.8. The van der Waals surface area contributed by atoms with Crippen molar-refractivity contribution >= 4 is 11.5 Å². The topological polar surface area (TPSA) is 69.4 Å². The number of hydrogen-bond acceptors (Lipinski definition) is 4. The second kappa shape index (κ2) is 11.3. The lowest BCUT2D eigenvalue weighted by molar-refractivity contribution is -0.384. The third kappa shape index (κ3) is 5.60. The number of nitro benzene ring substituents is 1. The van der Waals surface area contributed by atoms with Gasteiger partial charge >= 0.3 is 0 Å².